The summed E-state index contributed by atoms with van der Waals surface area (Å²) in [6.45, 7) is 2.81. The fraction of sp³-hybridized carbons (Fsp3) is 0.562. The molecule has 2 amide bonds. The van der Waals surface area contributed by atoms with Gasteiger partial charge in [-0.25, -0.2) is 0 Å². The number of anilines is 2. The van der Waals surface area contributed by atoms with Crippen molar-refractivity contribution in [1.29, 1.82) is 0 Å². The third-order valence-corrected chi connectivity index (χ3v) is 9.20. The van der Waals surface area contributed by atoms with Crippen LogP contribution in [-0.2, 0) is 25.6 Å². The number of nitrogens with two attached hydrogens (primary N) is 1. The van der Waals surface area contributed by atoms with Crippen LogP contribution < -0.4 is 21.3 Å². The molecule has 0 aromatic heterocycles. The molecule has 3 aliphatic carbocycles. The highest BCUT2D eigenvalue weighted by molar-refractivity contribution is 6.24. The highest BCUT2D eigenvalue weighted by Crippen LogP contribution is 2.54. The zero-order chi connectivity index (χ0) is 33.4. The van der Waals surface area contributed by atoms with Crippen LogP contribution in [0.4, 0.5) is 11.4 Å². The predicted octanol–water partition coefficient (Wildman–Crippen LogP) is 2.37. The number of aliphatic hydroxyl groups excluding tert-OH is 2. The number of benzene rings is 1. The molecule has 47 heavy (non-hydrogen) atoms. The number of halogens is 2. The molecule has 15 heteroatoms. The van der Waals surface area contributed by atoms with E-state index in [9.17, 15) is 39.6 Å². The number of hydrogen-bond acceptors (Lipinski definition) is 11. The third kappa shape index (κ3) is 7.09. The van der Waals surface area contributed by atoms with Crippen molar-refractivity contribution in [2.45, 2.75) is 63.5 Å². The van der Waals surface area contributed by atoms with Crippen molar-refractivity contribution in [3.05, 3.63) is 34.1 Å². The first-order chi connectivity index (χ1) is 21.2. The lowest BCUT2D eigenvalue weighted by Gasteiger charge is -2.50. The lowest BCUT2D eigenvalue weighted by Crippen LogP contribution is -2.65. The van der Waals surface area contributed by atoms with E-state index >= 15 is 0 Å². The molecule has 8 N–H and O–H groups in total. The number of aromatic hydroxyl groups is 1. The monoisotopic (exact) mass is 699 g/mol. The molecule has 3 aliphatic rings. The molecule has 13 nitrogen and oxygen atoms in total. The molecule has 1 aromatic rings. The van der Waals surface area contributed by atoms with Crippen LogP contribution in [0.3, 0.4) is 0 Å². The van der Waals surface area contributed by atoms with Gasteiger partial charge in [-0.1, -0.05) is 32.6 Å². The van der Waals surface area contributed by atoms with Crippen molar-refractivity contribution in [3.63, 3.8) is 0 Å². The molecule has 0 heterocycles. The maximum absolute atomic E-state index is 14.1. The van der Waals surface area contributed by atoms with Gasteiger partial charge in [-0.15, -0.1) is 24.8 Å². The Kier molecular flexibility index (Phi) is 13.3. The summed E-state index contributed by atoms with van der Waals surface area (Å²) in [7, 11) is 6.62. The number of likely N-dealkylation sites (N-methyl/N-ethyl adjacent to an activating group) is 1. The van der Waals surface area contributed by atoms with Crippen molar-refractivity contribution < 1.29 is 39.6 Å². The molecule has 1 aromatic carbocycles. The number of aliphatic hydroxyl groups is 3. The fourth-order valence-corrected chi connectivity index (χ4v) is 7.04. The van der Waals surface area contributed by atoms with Gasteiger partial charge >= 0.3 is 0 Å². The standard InChI is InChI=1S/C32H45N5O8.2ClH/c1-6-7-8-9-10-11-34-15-21(38)35-19-14-20(36(2)3)17-12-16-13-18-25(37(4)5)28(41)24(31(33)44)30(43)32(18,45)29(42)22(16)27(40)23(17)26(19)39;;/h14,16,18,25,34,39-40,43,45H,6-13,15H2,1-5H3,(H2,33,44)(H,35,38);2*1H/t16?,18?,25-,32-;;/m0../s1. The van der Waals surface area contributed by atoms with E-state index in [1.807, 2.05) is 0 Å². The first-order valence-electron chi connectivity index (χ1n) is 15.4. The van der Waals surface area contributed by atoms with E-state index in [2.05, 4.69) is 17.6 Å². The number of carbonyl (C=O) groups excluding carboxylic acids is 4. The van der Waals surface area contributed by atoms with Crippen LogP contribution in [0.1, 0.15) is 56.6 Å². The number of amides is 2. The van der Waals surface area contributed by atoms with Gasteiger partial charge in [-0.3, -0.25) is 24.1 Å². The largest absolute Gasteiger partial charge is 0.508 e. The van der Waals surface area contributed by atoms with Crippen LogP contribution in [0.15, 0.2) is 23.0 Å². The molecule has 4 rings (SSSR count). The first-order valence-corrected chi connectivity index (χ1v) is 15.4. The molecule has 0 bridgehead atoms. The highest BCUT2D eigenvalue weighted by atomic mass is 35.5. The van der Waals surface area contributed by atoms with Crippen LogP contribution in [0, 0.1) is 11.8 Å². The minimum absolute atomic E-state index is 0. The molecular weight excluding hydrogens is 653 g/mol. The number of nitrogens with one attached hydrogen (secondary N) is 2. The summed E-state index contributed by atoms with van der Waals surface area (Å²) < 4.78 is 0. The van der Waals surface area contributed by atoms with Gasteiger partial charge in [0.2, 0.25) is 11.7 Å². The average molecular weight is 701 g/mol. The molecule has 1 saturated carbocycles. The number of rotatable bonds is 12. The van der Waals surface area contributed by atoms with Gasteiger partial charge < -0.3 is 41.7 Å². The summed E-state index contributed by atoms with van der Waals surface area (Å²) in [6, 6.07) is 0.433. The zero-order valence-electron chi connectivity index (χ0n) is 27.4. The van der Waals surface area contributed by atoms with Crippen LogP contribution in [0.2, 0.25) is 0 Å². The van der Waals surface area contributed by atoms with Crippen molar-refractivity contribution in [3.8, 4) is 5.75 Å². The van der Waals surface area contributed by atoms with Crippen molar-refractivity contribution in [2.24, 2.45) is 17.6 Å². The minimum atomic E-state index is -2.72. The molecule has 4 atom stereocenters. The van der Waals surface area contributed by atoms with Gasteiger partial charge in [0.25, 0.3) is 5.91 Å². The maximum atomic E-state index is 14.1. The predicted molar refractivity (Wildman–Crippen MR) is 183 cm³/mol. The second-order valence-electron chi connectivity index (χ2n) is 12.6. The topological polar surface area (TPSA) is 206 Å². The zero-order valence-corrected chi connectivity index (χ0v) is 29.0. The molecule has 0 radical (unpaired) electrons. The SMILES string of the molecule is CCCCCCCNCC(=O)Nc1cc(N(C)C)c2c(c1O)C(O)=C1C(=O)[C@]3(O)C(O)=C(C(N)=O)C(=O)[C@@H](N(C)C)C3CC1C2.Cl.Cl. The van der Waals surface area contributed by atoms with Gasteiger partial charge in [0.1, 0.15) is 22.8 Å². The Morgan fingerprint density at radius 2 is 1.68 bits per heavy atom. The number of primary amides is 1. The quantitative estimate of drug-likeness (QED) is 0.0958. The molecule has 1 fully saturated rings. The molecule has 2 unspecified atom stereocenters. The number of hydrogen-bond donors (Lipinski definition) is 7. The van der Waals surface area contributed by atoms with E-state index in [1.165, 1.54) is 11.3 Å². The Balaban J connectivity index is 0.00000384. The van der Waals surface area contributed by atoms with Crippen molar-refractivity contribution >= 4 is 65.3 Å². The van der Waals surface area contributed by atoms with Crippen LogP contribution in [-0.4, -0.2) is 102 Å². The van der Waals surface area contributed by atoms with Gasteiger partial charge in [0.05, 0.1) is 23.8 Å². The molecular formula is C32H47Cl2N5O8. The number of phenolic OH excluding ortho intramolecular Hbond substituents is 1. The van der Waals surface area contributed by atoms with Crippen LogP contribution in [0.5, 0.6) is 5.75 Å². The maximum Gasteiger partial charge on any atom is 0.255 e. The van der Waals surface area contributed by atoms with E-state index in [1.54, 1.807) is 39.2 Å². The van der Waals surface area contributed by atoms with E-state index in [4.69, 9.17) is 5.73 Å². The smallest absolute Gasteiger partial charge is 0.255 e. The van der Waals surface area contributed by atoms with Crippen LogP contribution in [0.25, 0.3) is 5.76 Å². The number of phenols is 1. The Bertz CT molecular complexity index is 1480. The lowest BCUT2D eigenvalue weighted by molar-refractivity contribution is -0.153. The van der Waals surface area contributed by atoms with E-state index in [0.717, 1.165) is 25.7 Å². The van der Waals surface area contributed by atoms with Crippen LogP contribution >= 0.6 is 24.8 Å². The second-order valence-corrected chi connectivity index (χ2v) is 12.6. The summed E-state index contributed by atoms with van der Waals surface area (Å²) >= 11 is 0. The van der Waals surface area contributed by atoms with Crippen molar-refractivity contribution in [1.82, 2.24) is 10.2 Å². The lowest BCUT2D eigenvalue weighted by atomic mass is 9.57. The summed E-state index contributed by atoms with van der Waals surface area (Å²) in [5.41, 5.74) is 2.55. The van der Waals surface area contributed by atoms with Gasteiger partial charge in [0, 0.05) is 31.3 Å². The second kappa shape index (κ2) is 15.7. The molecule has 0 spiro atoms. The third-order valence-electron chi connectivity index (χ3n) is 9.20. The van der Waals surface area contributed by atoms with Gasteiger partial charge in [-0.05, 0) is 57.5 Å². The summed E-state index contributed by atoms with van der Waals surface area (Å²) in [4.78, 5) is 55.6. The Morgan fingerprint density at radius 1 is 1.04 bits per heavy atom. The first kappa shape index (κ1) is 39.8. The van der Waals surface area contributed by atoms with Gasteiger partial charge in [0.15, 0.2) is 11.4 Å². The molecule has 0 saturated heterocycles. The number of fused-ring (bicyclic) bond motifs is 3. The molecule has 0 aliphatic heterocycles. The number of carbonyl (C=O) groups is 4. The summed E-state index contributed by atoms with van der Waals surface area (Å²) in [5.74, 6) is -7.69. The Morgan fingerprint density at radius 3 is 2.26 bits per heavy atom. The summed E-state index contributed by atoms with van der Waals surface area (Å²) in [6.07, 6.45) is 5.58. The normalized spacial score (nSPS) is 23.3. The fourth-order valence-electron chi connectivity index (χ4n) is 7.04. The van der Waals surface area contributed by atoms with Gasteiger partial charge in [-0.2, -0.15) is 0 Å². The number of Topliss-reactive ketones (excluding diaryl/α,β-unsaturated/α-hetero) is 2. The van der Waals surface area contributed by atoms with Crippen molar-refractivity contribution in [2.75, 3.05) is 51.5 Å². The Hall–Kier alpha value is -3.36. The minimum Gasteiger partial charge on any atom is -0.508 e. The number of unbranched alkanes of at least 4 members (excludes halogenated alkanes) is 4. The number of nitrogens with zero attached hydrogens (tertiary/aromatic N) is 2. The highest BCUT2D eigenvalue weighted by Gasteiger charge is 2.64. The number of ketones is 2. The average Bonchev–Trinajstić information content (AvgIpc) is 2.95. The Labute approximate surface area is 287 Å². The summed E-state index contributed by atoms with van der Waals surface area (Å²) in [5, 5.41) is 51.6. The van der Waals surface area contributed by atoms with E-state index in [0.29, 0.717) is 17.8 Å². The molecule has 262 valence electrons. The van der Waals surface area contributed by atoms with E-state index in [-0.39, 0.29) is 61.0 Å². The van der Waals surface area contributed by atoms with E-state index < -0.39 is 69.7 Å².